The van der Waals surface area contributed by atoms with Crippen molar-refractivity contribution in [1.82, 2.24) is 0 Å². The summed E-state index contributed by atoms with van der Waals surface area (Å²) >= 11 is 5.02. The highest BCUT2D eigenvalue weighted by atomic mass is 32.1. The van der Waals surface area contributed by atoms with Crippen LogP contribution in [0.25, 0.3) is 0 Å². The lowest BCUT2D eigenvalue weighted by atomic mass is 10.00. The van der Waals surface area contributed by atoms with E-state index in [2.05, 4.69) is 0 Å². The van der Waals surface area contributed by atoms with Crippen LogP contribution in [0.1, 0.15) is 6.92 Å². The molecule has 27 heavy (non-hydrogen) atoms. The Labute approximate surface area is 161 Å². The maximum absolute atomic E-state index is 13.0. The Morgan fingerprint density at radius 1 is 1.00 bits per heavy atom. The SMILES string of the molecule is C[C@@H]1O[C@@H](Oc2ccccc2)[C@H](O)[C@H](OC(=S)Oc2ccc(F)cc2)[C@H]1O. The van der Waals surface area contributed by atoms with Crippen LogP contribution in [0.3, 0.4) is 0 Å². The third-order valence-corrected chi connectivity index (χ3v) is 4.20. The van der Waals surface area contributed by atoms with Gasteiger partial charge < -0.3 is 29.2 Å². The molecule has 1 heterocycles. The molecule has 0 spiro atoms. The van der Waals surface area contributed by atoms with Crippen LogP contribution in [-0.4, -0.2) is 46.2 Å². The molecule has 1 aliphatic rings. The number of halogens is 1. The predicted octanol–water partition coefficient (Wildman–Crippen LogP) is 2.42. The van der Waals surface area contributed by atoms with Gasteiger partial charge in [0.05, 0.1) is 6.10 Å². The minimum absolute atomic E-state index is 0.266. The lowest BCUT2D eigenvalue weighted by Gasteiger charge is -2.40. The Morgan fingerprint density at radius 3 is 2.33 bits per heavy atom. The van der Waals surface area contributed by atoms with Crippen molar-refractivity contribution in [1.29, 1.82) is 0 Å². The zero-order valence-electron chi connectivity index (χ0n) is 14.4. The van der Waals surface area contributed by atoms with Gasteiger partial charge in [0.15, 0.2) is 12.2 Å². The summed E-state index contributed by atoms with van der Waals surface area (Å²) in [7, 11) is 0. The van der Waals surface area contributed by atoms with E-state index in [-0.39, 0.29) is 11.0 Å². The summed E-state index contributed by atoms with van der Waals surface area (Å²) in [5, 5.41) is 20.5. The van der Waals surface area contributed by atoms with Crippen LogP contribution >= 0.6 is 12.2 Å². The molecule has 2 N–H and O–H groups in total. The maximum atomic E-state index is 13.0. The van der Waals surface area contributed by atoms with Crippen molar-refractivity contribution in [3.05, 3.63) is 60.4 Å². The van der Waals surface area contributed by atoms with Gasteiger partial charge in [0.25, 0.3) is 0 Å². The highest BCUT2D eigenvalue weighted by molar-refractivity contribution is 7.79. The first-order valence-electron chi connectivity index (χ1n) is 8.31. The summed E-state index contributed by atoms with van der Waals surface area (Å²) in [5.74, 6) is 0.343. The molecule has 8 heteroatoms. The van der Waals surface area contributed by atoms with Crippen molar-refractivity contribution < 1.29 is 33.6 Å². The molecular formula is C19H19FO6S. The van der Waals surface area contributed by atoms with Crippen LogP contribution < -0.4 is 9.47 Å². The molecule has 0 saturated carbocycles. The quantitative estimate of drug-likeness (QED) is 0.771. The number of hydrogen-bond donors (Lipinski definition) is 2. The number of para-hydroxylation sites is 1. The molecule has 1 fully saturated rings. The largest absolute Gasteiger partial charge is 0.462 e. The molecular weight excluding hydrogens is 375 g/mol. The van der Waals surface area contributed by atoms with Crippen molar-refractivity contribution in [3.8, 4) is 11.5 Å². The van der Waals surface area contributed by atoms with Crippen molar-refractivity contribution in [3.63, 3.8) is 0 Å². The lowest BCUT2D eigenvalue weighted by molar-refractivity contribution is -0.266. The van der Waals surface area contributed by atoms with E-state index in [1.165, 1.54) is 24.3 Å². The van der Waals surface area contributed by atoms with Gasteiger partial charge in [0, 0.05) is 12.2 Å². The Kier molecular flexibility index (Phi) is 6.22. The molecule has 1 saturated heterocycles. The highest BCUT2D eigenvalue weighted by Gasteiger charge is 2.46. The summed E-state index contributed by atoms with van der Waals surface area (Å²) in [5.41, 5.74) is 0. The van der Waals surface area contributed by atoms with E-state index < -0.39 is 36.5 Å². The Morgan fingerprint density at radius 2 is 1.67 bits per heavy atom. The van der Waals surface area contributed by atoms with Crippen molar-refractivity contribution in [2.24, 2.45) is 0 Å². The molecule has 0 aromatic heterocycles. The lowest BCUT2D eigenvalue weighted by Crippen LogP contribution is -2.59. The smallest absolute Gasteiger partial charge is 0.358 e. The van der Waals surface area contributed by atoms with E-state index in [1.807, 2.05) is 6.07 Å². The number of rotatable bonds is 4. The second-order valence-electron chi connectivity index (χ2n) is 6.01. The van der Waals surface area contributed by atoms with Gasteiger partial charge in [-0.1, -0.05) is 18.2 Å². The molecule has 0 bridgehead atoms. The minimum atomic E-state index is -1.33. The molecule has 3 rings (SSSR count). The van der Waals surface area contributed by atoms with Gasteiger partial charge in [-0.2, -0.15) is 0 Å². The van der Waals surface area contributed by atoms with Gasteiger partial charge >= 0.3 is 5.24 Å². The molecule has 0 amide bonds. The first kappa shape index (κ1) is 19.5. The molecule has 6 nitrogen and oxygen atoms in total. The summed E-state index contributed by atoms with van der Waals surface area (Å²) in [6, 6.07) is 14.0. The van der Waals surface area contributed by atoms with Gasteiger partial charge in [-0.3, -0.25) is 0 Å². The molecule has 5 atom stereocenters. The fraction of sp³-hybridized carbons (Fsp3) is 0.316. The number of ether oxygens (including phenoxy) is 4. The number of thiocarbonyl (C=S) groups is 1. The Balaban J connectivity index is 1.66. The molecule has 144 valence electrons. The minimum Gasteiger partial charge on any atom is -0.462 e. The molecule has 0 aliphatic carbocycles. The standard InChI is InChI=1S/C19H19FO6S/c1-11-15(21)17(26-19(27)25-14-9-7-12(20)8-10-14)16(22)18(23-11)24-13-5-3-2-4-6-13/h2-11,15-18,21-22H,1H3/t11-,15-,16+,17+,18-/m0/s1. The second kappa shape index (κ2) is 8.62. The topological polar surface area (TPSA) is 77.4 Å². The Bertz CT molecular complexity index is 757. The molecule has 2 aromatic rings. The molecule has 0 unspecified atom stereocenters. The Hall–Kier alpha value is -2.26. The van der Waals surface area contributed by atoms with Crippen molar-refractivity contribution in [2.45, 2.75) is 37.6 Å². The van der Waals surface area contributed by atoms with E-state index >= 15 is 0 Å². The van der Waals surface area contributed by atoms with E-state index in [1.54, 1.807) is 31.2 Å². The van der Waals surface area contributed by atoms with Crippen LogP contribution in [0.4, 0.5) is 4.39 Å². The maximum Gasteiger partial charge on any atom is 0.358 e. The summed E-state index contributed by atoms with van der Waals surface area (Å²) in [6.45, 7) is 1.62. The zero-order chi connectivity index (χ0) is 19.4. The number of aliphatic hydroxyl groups excluding tert-OH is 2. The average molecular weight is 394 g/mol. The predicted molar refractivity (Wildman–Crippen MR) is 97.9 cm³/mol. The summed E-state index contributed by atoms with van der Waals surface area (Å²) < 4.78 is 34.9. The van der Waals surface area contributed by atoms with Gasteiger partial charge in [0.2, 0.25) is 6.29 Å². The van der Waals surface area contributed by atoms with Gasteiger partial charge in [-0.05, 0) is 43.3 Å². The first-order valence-corrected chi connectivity index (χ1v) is 8.72. The van der Waals surface area contributed by atoms with Gasteiger partial charge in [-0.15, -0.1) is 0 Å². The van der Waals surface area contributed by atoms with E-state index in [0.717, 1.165) is 0 Å². The normalized spacial score (nSPS) is 27.6. The third kappa shape index (κ3) is 4.92. The van der Waals surface area contributed by atoms with Crippen LogP contribution in [0, 0.1) is 5.82 Å². The van der Waals surface area contributed by atoms with Gasteiger partial charge in [-0.25, -0.2) is 4.39 Å². The summed E-state index contributed by atoms with van der Waals surface area (Å²) in [6.07, 6.45) is -5.36. The van der Waals surface area contributed by atoms with Crippen LogP contribution in [-0.2, 0) is 9.47 Å². The average Bonchev–Trinajstić information content (AvgIpc) is 2.66. The second-order valence-corrected chi connectivity index (χ2v) is 6.34. The van der Waals surface area contributed by atoms with E-state index in [0.29, 0.717) is 5.75 Å². The molecule has 1 aliphatic heterocycles. The number of hydrogen-bond acceptors (Lipinski definition) is 7. The number of benzene rings is 2. The van der Waals surface area contributed by atoms with Gasteiger partial charge in [0.1, 0.15) is 23.4 Å². The zero-order valence-corrected chi connectivity index (χ0v) is 15.2. The fourth-order valence-electron chi connectivity index (χ4n) is 2.60. The first-order chi connectivity index (χ1) is 12.9. The number of aliphatic hydroxyl groups is 2. The highest BCUT2D eigenvalue weighted by Crippen LogP contribution is 2.26. The molecule has 2 aromatic carbocycles. The molecule has 0 radical (unpaired) electrons. The summed E-state index contributed by atoms with van der Waals surface area (Å²) in [4.78, 5) is 0. The van der Waals surface area contributed by atoms with Crippen LogP contribution in [0.2, 0.25) is 0 Å². The van der Waals surface area contributed by atoms with Crippen LogP contribution in [0.15, 0.2) is 54.6 Å². The van der Waals surface area contributed by atoms with Crippen LogP contribution in [0.5, 0.6) is 11.5 Å². The van der Waals surface area contributed by atoms with Crippen molar-refractivity contribution in [2.75, 3.05) is 0 Å². The van der Waals surface area contributed by atoms with E-state index in [9.17, 15) is 14.6 Å². The van der Waals surface area contributed by atoms with E-state index in [4.69, 9.17) is 31.2 Å². The monoisotopic (exact) mass is 394 g/mol. The third-order valence-electron chi connectivity index (χ3n) is 4.02. The fourth-order valence-corrected chi connectivity index (χ4v) is 2.81. The van der Waals surface area contributed by atoms with Crippen molar-refractivity contribution >= 4 is 17.5 Å².